The van der Waals surface area contributed by atoms with E-state index in [1.165, 1.54) is 4.90 Å². The van der Waals surface area contributed by atoms with Crippen LogP contribution in [0.2, 0.25) is 0 Å². The van der Waals surface area contributed by atoms with E-state index in [0.29, 0.717) is 13.0 Å². The van der Waals surface area contributed by atoms with E-state index in [9.17, 15) is 19.5 Å². The number of nitrogens with zero attached hydrogens (tertiary/aromatic N) is 1. The molecule has 0 aromatic heterocycles. The predicted molar refractivity (Wildman–Crippen MR) is 52.1 cm³/mol. The number of aliphatic hydroxyl groups excluding tert-OH is 1. The molecule has 16 heavy (non-hydrogen) atoms. The molecule has 0 aromatic carbocycles. The van der Waals surface area contributed by atoms with Crippen molar-refractivity contribution in [3.8, 4) is 0 Å². The van der Waals surface area contributed by atoms with E-state index in [1.807, 2.05) is 0 Å². The van der Waals surface area contributed by atoms with Gasteiger partial charge >= 0.3 is 0 Å². The molecule has 2 fully saturated rings. The van der Waals surface area contributed by atoms with Crippen LogP contribution >= 0.6 is 0 Å². The van der Waals surface area contributed by atoms with Crippen molar-refractivity contribution in [2.45, 2.75) is 18.6 Å². The number of amides is 3. The minimum Gasteiger partial charge on any atom is -0.392 e. The van der Waals surface area contributed by atoms with E-state index >= 15 is 0 Å². The summed E-state index contributed by atoms with van der Waals surface area (Å²) in [5.74, 6) is -1.24. The minimum absolute atomic E-state index is 0.0984. The highest BCUT2D eigenvalue weighted by atomic mass is 16.3. The lowest BCUT2D eigenvalue weighted by atomic mass is 10.1. The Hall–Kier alpha value is -1.47. The molecule has 88 valence electrons. The molecule has 2 aliphatic heterocycles. The van der Waals surface area contributed by atoms with Crippen molar-refractivity contribution in [3.63, 3.8) is 0 Å². The second kappa shape index (κ2) is 4.18. The summed E-state index contributed by atoms with van der Waals surface area (Å²) < 4.78 is 0. The smallest absolute Gasteiger partial charge is 0.246 e. The number of imide groups is 1. The Morgan fingerprint density at radius 2 is 1.94 bits per heavy atom. The van der Waals surface area contributed by atoms with Crippen molar-refractivity contribution >= 4 is 17.7 Å². The number of hydrogen-bond acceptors (Lipinski definition) is 5. The van der Waals surface area contributed by atoms with Crippen LogP contribution in [0.15, 0.2) is 0 Å². The van der Waals surface area contributed by atoms with E-state index in [4.69, 9.17) is 0 Å². The van der Waals surface area contributed by atoms with E-state index in [0.717, 1.165) is 0 Å². The summed E-state index contributed by atoms with van der Waals surface area (Å²) >= 11 is 0. The second-order valence-corrected chi connectivity index (χ2v) is 4.02. The van der Waals surface area contributed by atoms with Crippen LogP contribution < -0.4 is 10.6 Å². The van der Waals surface area contributed by atoms with Crippen LogP contribution in [0.5, 0.6) is 0 Å². The number of nitrogens with one attached hydrogen (secondary N) is 2. The van der Waals surface area contributed by atoms with Crippen LogP contribution in [0.25, 0.3) is 0 Å². The topological polar surface area (TPSA) is 98.7 Å². The number of rotatable bonds is 1. The molecule has 2 rings (SSSR count). The van der Waals surface area contributed by atoms with Gasteiger partial charge in [-0.2, -0.15) is 0 Å². The average molecular weight is 227 g/mol. The van der Waals surface area contributed by atoms with Crippen molar-refractivity contribution < 1.29 is 19.5 Å². The van der Waals surface area contributed by atoms with Crippen LogP contribution in [0.3, 0.4) is 0 Å². The molecule has 2 unspecified atom stereocenters. The highest BCUT2D eigenvalue weighted by molar-refractivity contribution is 6.03. The first kappa shape index (κ1) is 11.0. The molecule has 0 radical (unpaired) electrons. The zero-order valence-corrected chi connectivity index (χ0v) is 8.60. The third-order valence-corrected chi connectivity index (χ3v) is 2.67. The van der Waals surface area contributed by atoms with Crippen LogP contribution in [0.1, 0.15) is 6.42 Å². The van der Waals surface area contributed by atoms with Gasteiger partial charge in [0.05, 0.1) is 12.1 Å². The number of hydrogen-bond donors (Lipinski definition) is 3. The van der Waals surface area contributed by atoms with Crippen LogP contribution in [0.4, 0.5) is 0 Å². The summed E-state index contributed by atoms with van der Waals surface area (Å²) in [4.78, 5) is 35.2. The maximum absolute atomic E-state index is 11.9. The third-order valence-electron chi connectivity index (χ3n) is 2.67. The molecular weight excluding hydrogens is 214 g/mol. The molecule has 7 nitrogen and oxygen atoms in total. The summed E-state index contributed by atoms with van der Waals surface area (Å²) in [5, 5.41) is 14.2. The minimum atomic E-state index is -0.539. The molecule has 3 N–H and O–H groups in total. The maximum atomic E-state index is 11.9. The highest BCUT2D eigenvalue weighted by Crippen LogP contribution is 2.10. The second-order valence-electron chi connectivity index (χ2n) is 4.02. The van der Waals surface area contributed by atoms with E-state index in [2.05, 4.69) is 10.6 Å². The maximum Gasteiger partial charge on any atom is 0.246 e. The average Bonchev–Trinajstić information content (AvgIpc) is 2.62. The van der Waals surface area contributed by atoms with Crippen molar-refractivity contribution in [1.29, 1.82) is 0 Å². The molecule has 2 saturated heterocycles. The summed E-state index contributed by atoms with van der Waals surface area (Å²) in [5.41, 5.74) is 0. The molecule has 2 aliphatic rings. The number of aliphatic hydroxyl groups is 1. The highest BCUT2D eigenvalue weighted by Gasteiger charge is 2.34. The predicted octanol–water partition coefficient (Wildman–Crippen LogP) is -2.81. The molecule has 0 spiro atoms. The Morgan fingerprint density at radius 1 is 1.31 bits per heavy atom. The number of piperazine rings is 1. The lowest BCUT2D eigenvalue weighted by molar-refractivity contribution is -0.146. The number of carbonyl (C=O) groups is 3. The molecule has 0 bridgehead atoms. The van der Waals surface area contributed by atoms with Crippen LogP contribution in [-0.2, 0) is 14.4 Å². The quantitative estimate of drug-likeness (QED) is 0.420. The number of β-amino-alcohol motifs (C(OH)–C–C–N with tert-alkyl or cyclic N) is 1. The Bertz CT molecular complexity index is 328. The van der Waals surface area contributed by atoms with Gasteiger partial charge in [-0.3, -0.25) is 19.7 Å². The molecule has 3 amide bonds. The lowest BCUT2D eigenvalue weighted by Gasteiger charge is -2.27. The monoisotopic (exact) mass is 227 g/mol. The van der Waals surface area contributed by atoms with E-state index in [1.54, 1.807) is 0 Å². The SMILES string of the molecule is O=C1CN(C(=O)C2CC(O)CN2)CC(=O)N1. The van der Waals surface area contributed by atoms with Gasteiger partial charge in [0.25, 0.3) is 0 Å². The zero-order valence-electron chi connectivity index (χ0n) is 8.60. The first-order chi connectivity index (χ1) is 7.56. The van der Waals surface area contributed by atoms with Gasteiger partial charge < -0.3 is 15.3 Å². The summed E-state index contributed by atoms with van der Waals surface area (Å²) in [6, 6.07) is -0.492. The van der Waals surface area contributed by atoms with Crippen LogP contribution in [-0.4, -0.2) is 59.5 Å². The summed E-state index contributed by atoms with van der Waals surface area (Å²) in [7, 11) is 0. The molecular formula is C9H13N3O4. The fourth-order valence-electron chi connectivity index (χ4n) is 1.92. The fourth-order valence-corrected chi connectivity index (χ4v) is 1.92. The number of carbonyl (C=O) groups excluding carboxylic acids is 3. The van der Waals surface area contributed by atoms with Gasteiger partial charge in [0.15, 0.2) is 0 Å². The molecule has 2 atom stereocenters. The van der Waals surface area contributed by atoms with Crippen LogP contribution in [0, 0.1) is 0 Å². The van der Waals surface area contributed by atoms with E-state index < -0.39 is 24.0 Å². The first-order valence-electron chi connectivity index (χ1n) is 5.09. The summed E-state index contributed by atoms with van der Waals surface area (Å²) in [6.45, 7) is 0.169. The lowest BCUT2D eigenvalue weighted by Crippen LogP contribution is -2.56. The van der Waals surface area contributed by atoms with E-state index in [-0.39, 0.29) is 19.0 Å². The Labute approximate surface area is 91.8 Å². The fraction of sp³-hybridized carbons (Fsp3) is 0.667. The van der Waals surface area contributed by atoms with Gasteiger partial charge in [0, 0.05) is 6.54 Å². The Balaban J connectivity index is 1.98. The molecule has 0 aromatic rings. The Morgan fingerprint density at radius 3 is 2.44 bits per heavy atom. The van der Waals surface area contributed by atoms with Gasteiger partial charge in [0.1, 0.15) is 13.1 Å². The van der Waals surface area contributed by atoms with Crippen molar-refractivity contribution in [2.75, 3.05) is 19.6 Å². The standard InChI is InChI=1S/C9H13N3O4/c13-5-1-6(10-2-5)9(16)12-3-7(14)11-8(15)4-12/h5-6,10,13H,1-4H2,(H,11,14,15). The van der Waals surface area contributed by atoms with Gasteiger partial charge in [-0.25, -0.2) is 0 Å². The normalized spacial score (nSPS) is 30.4. The Kier molecular flexibility index (Phi) is 2.88. The first-order valence-corrected chi connectivity index (χ1v) is 5.09. The van der Waals surface area contributed by atoms with Crippen molar-refractivity contribution in [3.05, 3.63) is 0 Å². The molecule has 7 heteroatoms. The largest absolute Gasteiger partial charge is 0.392 e. The third kappa shape index (κ3) is 2.20. The summed E-state index contributed by atoms with van der Waals surface area (Å²) in [6.07, 6.45) is -0.214. The van der Waals surface area contributed by atoms with Gasteiger partial charge in [-0.15, -0.1) is 0 Å². The van der Waals surface area contributed by atoms with Gasteiger partial charge in [-0.05, 0) is 6.42 Å². The van der Waals surface area contributed by atoms with Gasteiger partial charge in [-0.1, -0.05) is 0 Å². The molecule has 2 heterocycles. The molecule has 0 saturated carbocycles. The van der Waals surface area contributed by atoms with Crippen molar-refractivity contribution in [2.24, 2.45) is 0 Å². The molecule has 0 aliphatic carbocycles. The van der Waals surface area contributed by atoms with Gasteiger partial charge in [0.2, 0.25) is 17.7 Å². The van der Waals surface area contributed by atoms with Crippen molar-refractivity contribution in [1.82, 2.24) is 15.5 Å². The zero-order chi connectivity index (χ0) is 11.7.